The maximum Gasteiger partial charge on any atom is 0.360 e. The fraction of sp³-hybridized carbons (Fsp3) is 0.238. The van der Waals surface area contributed by atoms with Gasteiger partial charge < -0.3 is 14.0 Å². The van der Waals surface area contributed by atoms with Crippen LogP contribution in [0.15, 0.2) is 51.9 Å². The lowest BCUT2D eigenvalue weighted by Crippen LogP contribution is -2.14. The van der Waals surface area contributed by atoms with Crippen molar-refractivity contribution >= 4 is 21.7 Å². The number of aromatic nitrogens is 1. The molecular weight excluding hydrogens is 408 g/mol. The molecule has 0 unspecified atom stereocenters. The average molecular weight is 430 g/mol. The largest absolute Gasteiger partial charge is 0.495 e. The summed E-state index contributed by atoms with van der Waals surface area (Å²) in [4.78, 5) is 11.7. The summed E-state index contributed by atoms with van der Waals surface area (Å²) in [6.07, 6.45) is 0. The third-order valence-electron chi connectivity index (χ3n) is 4.21. The van der Waals surface area contributed by atoms with Gasteiger partial charge in [0.25, 0.3) is 10.0 Å². The number of hydrogen-bond donors (Lipinski definition) is 1. The van der Waals surface area contributed by atoms with Crippen LogP contribution in [-0.2, 0) is 14.8 Å². The number of sulfonamides is 1. The molecule has 1 heterocycles. The van der Waals surface area contributed by atoms with Crippen LogP contribution in [0.4, 0.5) is 5.69 Å². The molecule has 0 saturated heterocycles. The van der Waals surface area contributed by atoms with Crippen molar-refractivity contribution in [1.82, 2.24) is 5.16 Å². The predicted molar refractivity (Wildman–Crippen MR) is 111 cm³/mol. The van der Waals surface area contributed by atoms with Crippen molar-refractivity contribution in [3.8, 4) is 17.1 Å². The molecule has 0 atom stereocenters. The Bertz CT molecular complexity index is 1160. The highest BCUT2D eigenvalue weighted by Gasteiger charge is 2.23. The molecule has 2 aromatic carbocycles. The standard InChI is InChI=1S/C21H22N2O6S/c1-5-28-21(24)17-12-19(29-22-17)15-6-7-18(27-4)20(11-15)30(25,26)23-16-9-13(2)8-14(3)10-16/h6-12,23H,5H2,1-4H3. The van der Waals surface area contributed by atoms with Gasteiger partial charge in [0.05, 0.1) is 13.7 Å². The first kappa shape index (κ1) is 21.4. The summed E-state index contributed by atoms with van der Waals surface area (Å²) >= 11 is 0. The molecule has 0 aliphatic rings. The van der Waals surface area contributed by atoms with Crippen molar-refractivity contribution < 1.29 is 27.2 Å². The van der Waals surface area contributed by atoms with Gasteiger partial charge in [-0.15, -0.1) is 0 Å². The second-order valence-electron chi connectivity index (χ2n) is 6.64. The van der Waals surface area contributed by atoms with Gasteiger partial charge in [-0.1, -0.05) is 11.2 Å². The number of rotatable bonds is 7. The van der Waals surface area contributed by atoms with Gasteiger partial charge in [0, 0.05) is 17.3 Å². The Morgan fingerprint density at radius 2 is 1.80 bits per heavy atom. The number of benzene rings is 2. The fourth-order valence-corrected chi connectivity index (χ4v) is 4.23. The molecule has 3 aromatic rings. The summed E-state index contributed by atoms with van der Waals surface area (Å²) in [5.41, 5.74) is 2.73. The van der Waals surface area contributed by atoms with Gasteiger partial charge in [-0.2, -0.15) is 0 Å². The van der Waals surface area contributed by atoms with Gasteiger partial charge in [-0.25, -0.2) is 13.2 Å². The number of hydrogen-bond acceptors (Lipinski definition) is 7. The molecule has 1 N–H and O–H groups in total. The number of nitrogens with one attached hydrogen (secondary N) is 1. The van der Waals surface area contributed by atoms with E-state index in [0.29, 0.717) is 11.3 Å². The lowest BCUT2D eigenvalue weighted by molar-refractivity contribution is 0.0514. The second-order valence-corrected chi connectivity index (χ2v) is 8.30. The summed E-state index contributed by atoms with van der Waals surface area (Å²) in [7, 11) is -2.58. The van der Waals surface area contributed by atoms with E-state index in [0.717, 1.165) is 11.1 Å². The Morgan fingerprint density at radius 1 is 1.10 bits per heavy atom. The second kappa shape index (κ2) is 8.58. The molecule has 0 aliphatic heterocycles. The first-order valence-electron chi connectivity index (χ1n) is 9.17. The molecule has 0 radical (unpaired) electrons. The number of esters is 1. The first-order chi connectivity index (χ1) is 14.2. The van der Waals surface area contributed by atoms with E-state index in [1.807, 2.05) is 19.9 Å². The predicted octanol–water partition coefficient (Wildman–Crippen LogP) is 3.94. The molecule has 1 aromatic heterocycles. The molecule has 0 spiro atoms. The lowest BCUT2D eigenvalue weighted by Gasteiger charge is -2.13. The summed E-state index contributed by atoms with van der Waals surface area (Å²) in [6, 6.07) is 11.4. The van der Waals surface area contributed by atoms with Crippen molar-refractivity contribution in [1.29, 1.82) is 0 Å². The average Bonchev–Trinajstić information content (AvgIpc) is 3.17. The highest BCUT2D eigenvalue weighted by Crippen LogP contribution is 2.32. The molecule has 9 heteroatoms. The highest BCUT2D eigenvalue weighted by atomic mass is 32.2. The highest BCUT2D eigenvalue weighted by molar-refractivity contribution is 7.92. The number of nitrogens with zero attached hydrogens (tertiary/aromatic N) is 1. The van der Waals surface area contributed by atoms with Crippen LogP contribution < -0.4 is 9.46 Å². The van der Waals surface area contributed by atoms with Crippen LogP contribution in [0, 0.1) is 13.8 Å². The van der Waals surface area contributed by atoms with E-state index in [-0.39, 0.29) is 28.7 Å². The minimum absolute atomic E-state index is 0.000404. The number of methoxy groups -OCH3 is 1. The molecule has 0 bridgehead atoms. The number of ether oxygens (including phenoxy) is 2. The van der Waals surface area contributed by atoms with Crippen LogP contribution in [-0.4, -0.2) is 33.3 Å². The Balaban J connectivity index is 1.99. The number of aryl methyl sites for hydroxylation is 2. The van der Waals surface area contributed by atoms with Gasteiger partial charge in [0.15, 0.2) is 11.5 Å². The van der Waals surface area contributed by atoms with E-state index in [2.05, 4.69) is 9.88 Å². The van der Waals surface area contributed by atoms with Crippen molar-refractivity contribution in [3.63, 3.8) is 0 Å². The molecular formula is C21H22N2O6S. The van der Waals surface area contributed by atoms with Crippen LogP contribution >= 0.6 is 0 Å². The van der Waals surface area contributed by atoms with E-state index in [9.17, 15) is 13.2 Å². The molecule has 0 saturated carbocycles. The SMILES string of the molecule is CCOC(=O)c1cc(-c2ccc(OC)c(S(=O)(=O)Nc3cc(C)cc(C)c3)c2)on1. The minimum atomic E-state index is -3.97. The van der Waals surface area contributed by atoms with E-state index >= 15 is 0 Å². The summed E-state index contributed by atoms with van der Waals surface area (Å²) < 4.78 is 44.1. The zero-order valence-electron chi connectivity index (χ0n) is 17.1. The quantitative estimate of drug-likeness (QED) is 0.566. The van der Waals surface area contributed by atoms with Crippen molar-refractivity contribution in [2.24, 2.45) is 0 Å². The van der Waals surface area contributed by atoms with Crippen molar-refractivity contribution in [3.05, 3.63) is 59.3 Å². The van der Waals surface area contributed by atoms with E-state index in [1.54, 1.807) is 25.1 Å². The number of carbonyl (C=O) groups excluding carboxylic acids is 1. The summed E-state index contributed by atoms with van der Waals surface area (Å²) in [5.74, 6) is -0.227. The maximum absolute atomic E-state index is 13.1. The molecule has 30 heavy (non-hydrogen) atoms. The van der Waals surface area contributed by atoms with E-state index in [4.69, 9.17) is 14.0 Å². The van der Waals surface area contributed by atoms with Gasteiger partial charge in [0.1, 0.15) is 10.6 Å². The van der Waals surface area contributed by atoms with Gasteiger partial charge >= 0.3 is 5.97 Å². The van der Waals surface area contributed by atoms with Gasteiger partial charge in [-0.3, -0.25) is 4.72 Å². The fourth-order valence-electron chi connectivity index (χ4n) is 3.00. The lowest BCUT2D eigenvalue weighted by atomic mass is 10.1. The van der Waals surface area contributed by atoms with Crippen LogP contribution in [0.5, 0.6) is 5.75 Å². The van der Waals surface area contributed by atoms with E-state index < -0.39 is 16.0 Å². The smallest absolute Gasteiger partial charge is 0.360 e. The molecule has 158 valence electrons. The minimum Gasteiger partial charge on any atom is -0.495 e. The Hall–Kier alpha value is -3.33. The monoisotopic (exact) mass is 430 g/mol. The van der Waals surface area contributed by atoms with Crippen LogP contribution in [0.25, 0.3) is 11.3 Å². The third-order valence-corrected chi connectivity index (χ3v) is 5.61. The Labute approximate surface area is 174 Å². The summed E-state index contributed by atoms with van der Waals surface area (Å²) in [5, 5.41) is 3.69. The van der Waals surface area contributed by atoms with Crippen molar-refractivity contribution in [2.45, 2.75) is 25.7 Å². The van der Waals surface area contributed by atoms with E-state index in [1.165, 1.54) is 25.3 Å². The molecule has 0 fully saturated rings. The maximum atomic E-state index is 13.1. The molecule has 8 nitrogen and oxygen atoms in total. The number of carbonyl (C=O) groups is 1. The molecule has 0 aliphatic carbocycles. The van der Waals surface area contributed by atoms with Gasteiger partial charge in [0.2, 0.25) is 0 Å². The Kier molecular flexibility index (Phi) is 6.12. The molecule has 3 rings (SSSR count). The topological polar surface area (TPSA) is 108 Å². The van der Waals surface area contributed by atoms with Crippen LogP contribution in [0.2, 0.25) is 0 Å². The van der Waals surface area contributed by atoms with Crippen molar-refractivity contribution in [2.75, 3.05) is 18.4 Å². The Morgan fingerprint density at radius 3 is 2.43 bits per heavy atom. The van der Waals surface area contributed by atoms with Gasteiger partial charge in [-0.05, 0) is 62.2 Å². The first-order valence-corrected chi connectivity index (χ1v) is 10.6. The third kappa shape index (κ3) is 4.62. The molecule has 0 amide bonds. The zero-order valence-corrected chi connectivity index (χ0v) is 17.9. The van der Waals surface area contributed by atoms with Crippen LogP contribution in [0.3, 0.4) is 0 Å². The number of anilines is 1. The summed E-state index contributed by atoms with van der Waals surface area (Å²) in [6.45, 7) is 5.66. The normalized spacial score (nSPS) is 11.2. The zero-order chi connectivity index (χ0) is 21.9. The van der Waals surface area contributed by atoms with Crippen LogP contribution in [0.1, 0.15) is 28.5 Å².